The molecule has 4 heteroatoms. The standard InChI is InChI=1S/C8H9N3.C2H6.K/c9-5-1-2-7-3-4-8(10)11-6-7;1-2;/h2,4,6H,5,9H2,(H2,10,11);1-2H3;/q-2;;+1. The second-order valence-corrected chi connectivity index (χ2v) is 1.98. The van der Waals surface area contributed by atoms with Gasteiger partial charge in [-0.3, -0.25) is 5.56 Å². The van der Waals surface area contributed by atoms with Gasteiger partial charge in [-0.2, -0.15) is 0 Å². The first-order chi connectivity index (χ1) is 6.33. The summed E-state index contributed by atoms with van der Waals surface area (Å²) in [5, 5.41) is 0. The van der Waals surface area contributed by atoms with Crippen LogP contribution < -0.4 is 62.9 Å². The van der Waals surface area contributed by atoms with Crippen LogP contribution >= 0.6 is 0 Å². The molecule has 1 rings (SSSR count). The number of hydrogen-bond acceptors (Lipinski definition) is 3. The number of hydrogen-bond donors (Lipinski definition) is 2. The molecule has 72 valence electrons. The van der Waals surface area contributed by atoms with Crippen LogP contribution in [0.1, 0.15) is 19.4 Å². The van der Waals surface area contributed by atoms with Gasteiger partial charge in [0.2, 0.25) is 0 Å². The van der Waals surface area contributed by atoms with Crippen LogP contribution in [0.3, 0.4) is 0 Å². The fraction of sp³-hybridized carbons (Fsp3) is 0.300. The molecule has 14 heavy (non-hydrogen) atoms. The second-order valence-electron chi connectivity index (χ2n) is 1.98. The first-order valence-corrected chi connectivity index (χ1v) is 4.23. The molecule has 0 aliphatic heterocycles. The maximum atomic E-state index is 5.35. The molecule has 0 aromatic carbocycles. The summed E-state index contributed by atoms with van der Waals surface area (Å²) < 4.78 is 0. The summed E-state index contributed by atoms with van der Waals surface area (Å²) in [6, 6.07) is 4.53. The number of nitrogens with two attached hydrogens (primary N) is 2. The third kappa shape index (κ3) is 7.67. The average molecular weight is 216 g/mol. The second kappa shape index (κ2) is 11.4. The van der Waals surface area contributed by atoms with Gasteiger partial charge in [-0.05, 0) is 0 Å². The summed E-state index contributed by atoms with van der Waals surface area (Å²) in [6.07, 6.45) is 6.18. The number of rotatable bonds is 2. The van der Waals surface area contributed by atoms with Crippen molar-refractivity contribution in [3.05, 3.63) is 30.0 Å². The van der Waals surface area contributed by atoms with Gasteiger partial charge in [0, 0.05) is 5.82 Å². The Labute approximate surface area is 128 Å². The number of pyridine rings is 1. The fourth-order valence-corrected chi connectivity index (χ4v) is 0.624. The van der Waals surface area contributed by atoms with Crippen LogP contribution in [-0.2, 0) is 0 Å². The van der Waals surface area contributed by atoms with Gasteiger partial charge in [-0.1, -0.05) is 20.4 Å². The Balaban J connectivity index is 0. The van der Waals surface area contributed by atoms with Gasteiger partial charge in [0.25, 0.3) is 0 Å². The molecular weight excluding hydrogens is 201 g/mol. The predicted octanol–water partition coefficient (Wildman–Crippen LogP) is -1.73. The first-order valence-electron chi connectivity index (χ1n) is 4.23. The summed E-state index contributed by atoms with van der Waals surface area (Å²) in [4.78, 5) is 3.87. The summed E-state index contributed by atoms with van der Waals surface area (Å²) >= 11 is 0. The van der Waals surface area contributed by atoms with E-state index in [1.807, 2.05) is 13.8 Å². The van der Waals surface area contributed by atoms with E-state index in [1.54, 1.807) is 18.3 Å². The van der Waals surface area contributed by atoms with Gasteiger partial charge in [0.1, 0.15) is 0 Å². The molecule has 0 saturated carbocycles. The van der Waals surface area contributed by atoms with E-state index in [9.17, 15) is 0 Å². The van der Waals surface area contributed by atoms with Gasteiger partial charge in [-0.25, -0.2) is 6.07 Å². The molecule has 0 bridgehead atoms. The van der Waals surface area contributed by atoms with Gasteiger partial charge < -0.3 is 28.6 Å². The molecule has 0 atom stereocenters. The summed E-state index contributed by atoms with van der Waals surface area (Å²) in [5.41, 5.74) is 11.4. The quantitative estimate of drug-likeness (QED) is 0.456. The van der Waals surface area contributed by atoms with Crippen molar-refractivity contribution in [3.8, 4) is 0 Å². The van der Waals surface area contributed by atoms with Crippen molar-refractivity contribution >= 4 is 11.9 Å². The van der Waals surface area contributed by atoms with Crippen LogP contribution in [0.2, 0.25) is 0 Å². The van der Waals surface area contributed by atoms with E-state index in [2.05, 4.69) is 17.1 Å². The molecule has 0 radical (unpaired) electrons. The summed E-state index contributed by atoms with van der Waals surface area (Å²) in [5.74, 6) is 0.467. The van der Waals surface area contributed by atoms with Crippen molar-refractivity contribution < 1.29 is 51.4 Å². The first kappa shape index (κ1) is 16.7. The van der Waals surface area contributed by atoms with Crippen molar-refractivity contribution in [3.63, 3.8) is 0 Å². The van der Waals surface area contributed by atoms with E-state index >= 15 is 0 Å². The maximum Gasteiger partial charge on any atom is 1.00 e. The van der Waals surface area contributed by atoms with E-state index in [4.69, 9.17) is 11.5 Å². The van der Waals surface area contributed by atoms with Crippen molar-refractivity contribution in [2.45, 2.75) is 13.8 Å². The predicted molar refractivity (Wildman–Crippen MR) is 55.6 cm³/mol. The van der Waals surface area contributed by atoms with Crippen molar-refractivity contribution in [2.75, 3.05) is 12.3 Å². The van der Waals surface area contributed by atoms with Crippen LogP contribution in [0, 0.1) is 12.1 Å². The van der Waals surface area contributed by atoms with E-state index < -0.39 is 0 Å². The maximum absolute atomic E-state index is 5.35. The summed E-state index contributed by atoms with van der Waals surface area (Å²) in [6.45, 7) is 4.40. The minimum Gasteiger partial charge on any atom is -0.422 e. The smallest absolute Gasteiger partial charge is 0.422 e. The SMILES string of the molecule is CC.NC[C-]=Cc1[c-]cc(N)nc1.[K+]. The molecule has 0 unspecified atom stereocenters. The Kier molecular flexibility index (Phi) is 13.6. The monoisotopic (exact) mass is 216 g/mol. The zero-order valence-electron chi connectivity index (χ0n) is 9.04. The van der Waals surface area contributed by atoms with Crippen molar-refractivity contribution in [1.29, 1.82) is 0 Å². The molecule has 0 saturated heterocycles. The summed E-state index contributed by atoms with van der Waals surface area (Å²) in [7, 11) is 0. The zero-order valence-corrected chi connectivity index (χ0v) is 12.2. The number of nitrogen functional groups attached to an aromatic ring is 1. The van der Waals surface area contributed by atoms with E-state index in [-0.39, 0.29) is 51.4 Å². The molecule has 1 heterocycles. The Morgan fingerprint density at radius 2 is 2.21 bits per heavy atom. The minimum atomic E-state index is 0. The zero-order chi connectivity index (χ0) is 10.1. The van der Waals surface area contributed by atoms with Gasteiger partial charge in [0.05, 0.1) is 0 Å². The number of nitrogens with zero attached hydrogens (tertiary/aromatic N) is 1. The van der Waals surface area contributed by atoms with E-state index in [1.165, 1.54) is 0 Å². The van der Waals surface area contributed by atoms with Crippen LogP contribution in [0.25, 0.3) is 6.08 Å². The molecular formula is C10H15KN3-. The molecule has 0 spiro atoms. The third-order valence-electron chi connectivity index (χ3n) is 1.11. The number of aromatic nitrogens is 1. The molecule has 0 fully saturated rings. The Bertz CT molecular complexity index is 244. The molecule has 4 N–H and O–H groups in total. The normalized spacial score (nSPS) is 8.79. The molecule has 3 nitrogen and oxygen atoms in total. The Morgan fingerprint density at radius 1 is 1.57 bits per heavy atom. The molecule has 1 aromatic heterocycles. The van der Waals surface area contributed by atoms with E-state index in [0.717, 1.165) is 5.56 Å². The fourth-order valence-electron chi connectivity index (χ4n) is 0.624. The number of anilines is 1. The van der Waals surface area contributed by atoms with Crippen molar-refractivity contribution in [2.24, 2.45) is 5.73 Å². The Morgan fingerprint density at radius 3 is 2.64 bits per heavy atom. The topological polar surface area (TPSA) is 64.9 Å². The van der Waals surface area contributed by atoms with Crippen LogP contribution in [0.15, 0.2) is 12.3 Å². The average Bonchev–Trinajstić information content (AvgIpc) is 2.20. The van der Waals surface area contributed by atoms with Crippen LogP contribution in [-0.4, -0.2) is 11.5 Å². The van der Waals surface area contributed by atoms with Crippen molar-refractivity contribution in [1.82, 2.24) is 4.98 Å². The molecule has 0 aliphatic rings. The van der Waals surface area contributed by atoms with Gasteiger partial charge >= 0.3 is 51.4 Å². The van der Waals surface area contributed by atoms with Crippen LogP contribution in [0.4, 0.5) is 5.82 Å². The third-order valence-corrected chi connectivity index (χ3v) is 1.11. The Hall–Kier alpha value is 0.286. The largest absolute Gasteiger partial charge is 1.00 e. The van der Waals surface area contributed by atoms with Crippen LogP contribution in [0.5, 0.6) is 0 Å². The van der Waals surface area contributed by atoms with Gasteiger partial charge in [0.15, 0.2) is 0 Å². The minimum absolute atomic E-state index is 0. The molecule has 1 aromatic rings. The van der Waals surface area contributed by atoms with Gasteiger partial charge in [-0.15, -0.1) is 12.3 Å². The molecule has 0 amide bonds. The molecule has 0 aliphatic carbocycles. The van der Waals surface area contributed by atoms with E-state index in [0.29, 0.717) is 12.4 Å².